The average molecular weight is 420 g/mol. The number of benzene rings is 3. The third kappa shape index (κ3) is 3.74. The van der Waals surface area contributed by atoms with Crippen LogP contribution in [0.25, 0.3) is 5.57 Å². The van der Waals surface area contributed by atoms with E-state index in [1.807, 2.05) is 62.4 Å². The lowest BCUT2D eigenvalue weighted by molar-refractivity contribution is -0.119. The Bertz CT molecular complexity index is 1150. The lowest BCUT2D eigenvalue weighted by Crippen LogP contribution is -2.31. The largest absolute Gasteiger partial charge is 0.272 e. The molecule has 0 saturated heterocycles. The molecule has 3 nitrogen and oxygen atoms in total. The summed E-state index contributed by atoms with van der Waals surface area (Å²) in [6.45, 7) is 3.96. The minimum atomic E-state index is -0.332. The van der Waals surface area contributed by atoms with Gasteiger partial charge < -0.3 is 0 Å². The molecule has 0 atom stereocenters. The lowest BCUT2D eigenvalue weighted by Gasteiger charge is -2.15. The molecule has 0 spiro atoms. The van der Waals surface area contributed by atoms with Crippen LogP contribution in [0.5, 0.6) is 0 Å². The molecule has 0 bridgehead atoms. The van der Waals surface area contributed by atoms with E-state index in [9.17, 15) is 9.59 Å². The highest BCUT2D eigenvalue weighted by molar-refractivity contribution is 8.04. The fourth-order valence-electron chi connectivity index (χ4n) is 3.39. The Labute approximate surface area is 179 Å². The lowest BCUT2D eigenvalue weighted by atomic mass is 9.99. The quantitative estimate of drug-likeness (QED) is 0.484. The molecule has 1 heterocycles. The molecular formula is C24H18ClNO2S. The van der Waals surface area contributed by atoms with Crippen LogP contribution in [0.2, 0.25) is 5.02 Å². The first-order valence-corrected chi connectivity index (χ1v) is 10.3. The molecule has 3 aromatic carbocycles. The van der Waals surface area contributed by atoms with Crippen LogP contribution in [0.3, 0.4) is 0 Å². The molecule has 0 unspecified atom stereocenters. The number of carbonyl (C=O) groups excluding carboxylic acids is 2. The van der Waals surface area contributed by atoms with E-state index in [0.717, 1.165) is 21.6 Å². The molecule has 0 saturated carbocycles. The number of hydrogen-bond donors (Lipinski definition) is 0. The van der Waals surface area contributed by atoms with Crippen LogP contribution in [0.4, 0.5) is 5.69 Å². The second-order valence-electron chi connectivity index (χ2n) is 6.86. The van der Waals surface area contributed by atoms with Crippen molar-refractivity contribution in [3.63, 3.8) is 0 Å². The van der Waals surface area contributed by atoms with Crippen LogP contribution in [0.1, 0.15) is 16.7 Å². The average Bonchev–Trinajstić information content (AvgIpc) is 2.93. The van der Waals surface area contributed by atoms with E-state index in [-0.39, 0.29) is 11.8 Å². The van der Waals surface area contributed by atoms with E-state index in [1.165, 1.54) is 16.7 Å². The molecule has 4 rings (SSSR count). The third-order valence-electron chi connectivity index (χ3n) is 4.72. The molecule has 0 fully saturated rings. The van der Waals surface area contributed by atoms with E-state index in [2.05, 4.69) is 0 Å². The van der Waals surface area contributed by atoms with Gasteiger partial charge in [-0.25, -0.2) is 4.90 Å². The number of anilines is 1. The number of nitrogens with zero attached hydrogens (tertiary/aromatic N) is 1. The van der Waals surface area contributed by atoms with E-state index >= 15 is 0 Å². The fourth-order valence-corrected chi connectivity index (χ4v) is 4.58. The second kappa shape index (κ2) is 7.90. The third-order valence-corrected chi connectivity index (χ3v) is 6.05. The zero-order valence-electron chi connectivity index (χ0n) is 16.0. The van der Waals surface area contributed by atoms with Gasteiger partial charge in [-0.2, -0.15) is 0 Å². The van der Waals surface area contributed by atoms with Gasteiger partial charge in [0.2, 0.25) is 0 Å². The van der Waals surface area contributed by atoms with Gasteiger partial charge in [-0.05, 0) is 55.3 Å². The van der Waals surface area contributed by atoms with Gasteiger partial charge in [-0.3, -0.25) is 9.59 Å². The van der Waals surface area contributed by atoms with Crippen LogP contribution in [0.15, 0.2) is 82.6 Å². The SMILES string of the molecule is Cc1ccc(C2=C(Sc3ccccc3)C(=O)N(c3cccc(Cl)c3)C2=O)c(C)c1. The van der Waals surface area contributed by atoms with Gasteiger partial charge in [0.25, 0.3) is 11.8 Å². The van der Waals surface area contributed by atoms with E-state index in [0.29, 0.717) is 21.2 Å². The highest BCUT2D eigenvalue weighted by Gasteiger charge is 2.41. The Morgan fingerprint density at radius 3 is 2.28 bits per heavy atom. The molecule has 0 aliphatic carbocycles. The van der Waals surface area contributed by atoms with Crippen molar-refractivity contribution >= 4 is 46.4 Å². The van der Waals surface area contributed by atoms with Crippen LogP contribution < -0.4 is 4.90 Å². The molecule has 5 heteroatoms. The molecule has 29 heavy (non-hydrogen) atoms. The Morgan fingerprint density at radius 1 is 0.828 bits per heavy atom. The fraction of sp³-hybridized carbons (Fsp3) is 0.0833. The Balaban J connectivity index is 1.87. The van der Waals surface area contributed by atoms with Gasteiger partial charge in [0.05, 0.1) is 16.2 Å². The molecule has 0 N–H and O–H groups in total. The van der Waals surface area contributed by atoms with Crippen LogP contribution in [0, 0.1) is 13.8 Å². The number of hydrogen-bond acceptors (Lipinski definition) is 3. The minimum absolute atomic E-state index is 0.331. The number of imide groups is 1. The summed E-state index contributed by atoms with van der Waals surface area (Å²) in [5.41, 5.74) is 3.74. The maximum absolute atomic E-state index is 13.5. The first kappa shape index (κ1) is 19.5. The second-order valence-corrected chi connectivity index (χ2v) is 8.38. The number of carbonyl (C=O) groups is 2. The summed E-state index contributed by atoms with van der Waals surface area (Å²) in [7, 11) is 0. The van der Waals surface area contributed by atoms with Crippen molar-refractivity contribution in [1.82, 2.24) is 0 Å². The molecule has 1 aliphatic rings. The van der Waals surface area contributed by atoms with Gasteiger partial charge in [0.15, 0.2) is 0 Å². The van der Waals surface area contributed by atoms with Gasteiger partial charge in [0.1, 0.15) is 0 Å². The van der Waals surface area contributed by atoms with Gasteiger partial charge in [0, 0.05) is 9.92 Å². The minimum Gasteiger partial charge on any atom is -0.268 e. The smallest absolute Gasteiger partial charge is 0.268 e. The standard InChI is InChI=1S/C24H18ClNO2S/c1-15-11-12-20(16(2)13-15)21-22(29-19-9-4-3-5-10-19)24(28)26(23(21)27)18-8-6-7-17(25)14-18/h3-14H,1-2H3. The summed E-state index contributed by atoms with van der Waals surface area (Å²) < 4.78 is 0. The van der Waals surface area contributed by atoms with Crippen molar-refractivity contribution < 1.29 is 9.59 Å². The van der Waals surface area contributed by atoms with Crippen molar-refractivity contribution in [2.24, 2.45) is 0 Å². The van der Waals surface area contributed by atoms with Crippen molar-refractivity contribution in [3.8, 4) is 0 Å². The monoisotopic (exact) mass is 419 g/mol. The van der Waals surface area contributed by atoms with E-state index in [4.69, 9.17) is 11.6 Å². The number of amides is 2. The maximum Gasteiger partial charge on any atom is 0.272 e. The maximum atomic E-state index is 13.5. The molecule has 144 valence electrons. The van der Waals surface area contributed by atoms with Crippen LogP contribution in [-0.4, -0.2) is 11.8 Å². The Hall–Kier alpha value is -2.82. The van der Waals surface area contributed by atoms with Gasteiger partial charge in [-0.1, -0.05) is 71.4 Å². The topological polar surface area (TPSA) is 37.4 Å². The summed E-state index contributed by atoms with van der Waals surface area (Å²) in [5, 5.41) is 0.473. The zero-order valence-corrected chi connectivity index (χ0v) is 17.6. The van der Waals surface area contributed by atoms with Crippen LogP contribution in [-0.2, 0) is 9.59 Å². The number of rotatable bonds is 4. The van der Waals surface area contributed by atoms with E-state index in [1.54, 1.807) is 24.3 Å². The summed E-state index contributed by atoms with van der Waals surface area (Å²) >= 11 is 7.43. The number of halogens is 1. The van der Waals surface area contributed by atoms with Crippen molar-refractivity contribution in [2.45, 2.75) is 18.7 Å². The summed E-state index contributed by atoms with van der Waals surface area (Å²) in [5.74, 6) is -0.663. The molecule has 1 aliphatic heterocycles. The van der Waals surface area contributed by atoms with Gasteiger partial charge in [-0.15, -0.1) is 0 Å². The Kier molecular flexibility index (Phi) is 5.31. The summed E-state index contributed by atoms with van der Waals surface area (Å²) in [6, 6.07) is 22.3. The first-order chi connectivity index (χ1) is 14.0. The van der Waals surface area contributed by atoms with Gasteiger partial charge >= 0.3 is 0 Å². The predicted molar refractivity (Wildman–Crippen MR) is 119 cm³/mol. The van der Waals surface area contributed by atoms with Crippen LogP contribution >= 0.6 is 23.4 Å². The summed E-state index contributed by atoms with van der Waals surface area (Å²) in [4.78, 5) is 29.4. The first-order valence-electron chi connectivity index (χ1n) is 9.15. The van der Waals surface area contributed by atoms with Crippen molar-refractivity contribution in [1.29, 1.82) is 0 Å². The highest BCUT2D eigenvalue weighted by Crippen LogP contribution is 2.42. The predicted octanol–water partition coefficient (Wildman–Crippen LogP) is 6.03. The normalized spacial score (nSPS) is 14.1. The van der Waals surface area contributed by atoms with Crippen molar-refractivity contribution in [3.05, 3.63) is 99.4 Å². The molecule has 2 amide bonds. The number of thioether (sulfide) groups is 1. The molecule has 0 aromatic heterocycles. The highest BCUT2D eigenvalue weighted by atomic mass is 35.5. The summed E-state index contributed by atoms with van der Waals surface area (Å²) in [6.07, 6.45) is 0. The molecule has 0 radical (unpaired) electrons. The molecule has 3 aromatic rings. The van der Waals surface area contributed by atoms with E-state index < -0.39 is 0 Å². The van der Waals surface area contributed by atoms with Crippen molar-refractivity contribution in [2.75, 3.05) is 4.90 Å². The Morgan fingerprint density at radius 2 is 1.59 bits per heavy atom. The zero-order chi connectivity index (χ0) is 20.5. The number of aryl methyl sites for hydroxylation is 2. The molecular weight excluding hydrogens is 402 g/mol.